The lowest BCUT2D eigenvalue weighted by Crippen LogP contribution is -2.41. The van der Waals surface area contributed by atoms with Gasteiger partial charge in [-0.25, -0.2) is 23.9 Å². The molecular weight excluding hydrogens is 482 g/mol. The van der Waals surface area contributed by atoms with Gasteiger partial charge in [0.25, 0.3) is 5.91 Å². The maximum absolute atomic E-state index is 15.1. The lowest BCUT2D eigenvalue weighted by Gasteiger charge is -2.33. The van der Waals surface area contributed by atoms with Crippen LogP contribution in [0.1, 0.15) is 64.5 Å². The number of imidazole rings is 2. The van der Waals surface area contributed by atoms with Gasteiger partial charge in [-0.1, -0.05) is 17.5 Å². The molecule has 12 heteroatoms. The fourth-order valence-electron chi connectivity index (χ4n) is 4.85. The van der Waals surface area contributed by atoms with Gasteiger partial charge in [-0.05, 0) is 31.0 Å². The third-order valence-electron chi connectivity index (χ3n) is 6.82. The van der Waals surface area contributed by atoms with E-state index in [0.29, 0.717) is 27.6 Å². The van der Waals surface area contributed by atoms with E-state index in [0.717, 1.165) is 17.4 Å². The van der Waals surface area contributed by atoms with Crippen LogP contribution in [0.25, 0.3) is 17.1 Å². The molecule has 1 amide bonds. The van der Waals surface area contributed by atoms with Crippen molar-refractivity contribution in [3.8, 4) is 11.6 Å². The van der Waals surface area contributed by atoms with Crippen LogP contribution in [0.3, 0.4) is 0 Å². The van der Waals surface area contributed by atoms with Crippen LogP contribution >= 0.6 is 0 Å². The Bertz CT molecular complexity index is 1630. The van der Waals surface area contributed by atoms with Crippen LogP contribution in [0.5, 0.6) is 0 Å². The summed E-state index contributed by atoms with van der Waals surface area (Å²) in [6.45, 7) is 3.78. The highest BCUT2D eigenvalue weighted by molar-refractivity contribution is 5.94. The molecule has 1 unspecified atom stereocenters. The number of aromatic nitrogens is 7. The molecule has 10 nitrogen and oxygen atoms in total. The molecule has 0 fully saturated rings. The highest BCUT2D eigenvalue weighted by atomic mass is 19.2. The molecule has 6 rings (SSSR count). The van der Waals surface area contributed by atoms with Crippen molar-refractivity contribution in [1.82, 2.24) is 38.8 Å². The lowest BCUT2D eigenvalue weighted by atomic mass is 9.98. The van der Waals surface area contributed by atoms with Crippen molar-refractivity contribution in [3.05, 3.63) is 77.3 Å². The maximum atomic E-state index is 15.1. The Kier molecular flexibility index (Phi) is 5.39. The van der Waals surface area contributed by atoms with Crippen molar-refractivity contribution in [2.45, 2.75) is 38.9 Å². The second kappa shape index (κ2) is 8.64. The number of carbonyl (C=O) groups excluding carboxylic acids is 1. The van der Waals surface area contributed by atoms with Crippen molar-refractivity contribution < 1.29 is 18.1 Å². The summed E-state index contributed by atoms with van der Waals surface area (Å²) in [5.41, 5.74) is 3.54. The molecule has 0 aromatic carbocycles. The molecule has 1 aliphatic rings. The van der Waals surface area contributed by atoms with Crippen LogP contribution in [-0.2, 0) is 13.5 Å². The van der Waals surface area contributed by atoms with Crippen molar-refractivity contribution in [2.24, 2.45) is 7.05 Å². The first-order chi connectivity index (χ1) is 17.9. The Morgan fingerprint density at radius 3 is 2.89 bits per heavy atom. The summed E-state index contributed by atoms with van der Waals surface area (Å²) in [6, 6.07) is 4.89. The Morgan fingerprint density at radius 2 is 2.16 bits per heavy atom. The van der Waals surface area contributed by atoms with Crippen molar-refractivity contribution in [2.75, 3.05) is 6.54 Å². The van der Waals surface area contributed by atoms with Gasteiger partial charge in [0.1, 0.15) is 29.9 Å². The van der Waals surface area contributed by atoms with Gasteiger partial charge in [-0.2, -0.15) is 9.89 Å². The highest BCUT2D eigenvalue weighted by Crippen LogP contribution is 2.37. The van der Waals surface area contributed by atoms with Gasteiger partial charge in [-0.15, -0.1) is 0 Å². The predicted molar refractivity (Wildman–Crippen MR) is 128 cm³/mol. The molecule has 0 bridgehead atoms. The van der Waals surface area contributed by atoms with Gasteiger partial charge in [0, 0.05) is 26.2 Å². The quantitative estimate of drug-likeness (QED) is 0.355. The third kappa shape index (κ3) is 3.62. The monoisotopic (exact) mass is 506 g/mol. The lowest BCUT2D eigenvalue weighted by molar-refractivity contribution is 0.0646. The summed E-state index contributed by atoms with van der Waals surface area (Å²) in [5.74, 6) is -0.663. The Hall–Kier alpha value is -4.35. The van der Waals surface area contributed by atoms with Crippen LogP contribution in [0.4, 0.5) is 8.87 Å². The topological polar surface area (TPSA) is 99.3 Å². The van der Waals surface area contributed by atoms with Crippen molar-refractivity contribution in [1.29, 1.82) is 0 Å². The van der Waals surface area contributed by atoms with E-state index in [2.05, 4.69) is 20.1 Å². The van der Waals surface area contributed by atoms with Gasteiger partial charge >= 0.3 is 0 Å². The summed E-state index contributed by atoms with van der Waals surface area (Å²) >= 11 is 0. The second-order valence-corrected chi connectivity index (χ2v) is 9.13. The maximum Gasteiger partial charge on any atom is 0.292 e. The number of alkyl halides is 1. The molecule has 0 spiro atoms. The number of nitrogens with zero attached hydrogens (tertiary/aromatic N) is 8. The molecule has 0 saturated heterocycles. The highest BCUT2D eigenvalue weighted by Gasteiger charge is 2.40. The average Bonchev–Trinajstić information content (AvgIpc) is 3.68. The number of hydrogen-bond acceptors (Lipinski definition) is 6. The standard InChI is InChI=1S/C25H24F2N8O2/c1-4-15(26)20-23(37-24(30-20)19-11-28-12-32(19)3)25(36)33-9-7-17-21(29-13-34(17)27)22(33)16-10-18-14(2)6-5-8-35(18)31-16/h5-6,8,10-13,15,22H,4,7,9H2,1-3H3/t15?,22-/m0/s1. The van der Waals surface area contributed by atoms with E-state index in [-0.39, 0.29) is 36.7 Å². The number of amides is 1. The van der Waals surface area contributed by atoms with Gasteiger partial charge in [0.05, 0.1) is 35.1 Å². The summed E-state index contributed by atoms with van der Waals surface area (Å²) in [4.78, 5) is 28.7. The van der Waals surface area contributed by atoms with Crippen LogP contribution < -0.4 is 0 Å². The molecule has 6 heterocycles. The normalized spacial score (nSPS) is 16.4. The SMILES string of the molecule is CCC(F)c1nc(-c2cncn2C)oc1C(=O)N1CCc2c(ncn2F)[C@@H]1c1cc2c(C)cccn2n1. The van der Waals surface area contributed by atoms with Crippen LogP contribution in [0, 0.1) is 6.92 Å². The van der Waals surface area contributed by atoms with Gasteiger partial charge in [-0.3, -0.25) is 4.79 Å². The molecule has 1 aliphatic heterocycles. The molecule has 37 heavy (non-hydrogen) atoms. The number of aryl methyl sites for hydroxylation is 2. The van der Waals surface area contributed by atoms with Crippen LogP contribution in [0.15, 0.2) is 47.7 Å². The fourth-order valence-corrected chi connectivity index (χ4v) is 4.85. The zero-order chi connectivity index (χ0) is 25.8. The molecule has 2 atom stereocenters. The fraction of sp³-hybridized carbons (Fsp3) is 0.320. The minimum absolute atomic E-state index is 0.0740. The van der Waals surface area contributed by atoms with E-state index >= 15 is 4.39 Å². The Labute approximate surface area is 210 Å². The van der Waals surface area contributed by atoms with Crippen molar-refractivity contribution >= 4 is 11.4 Å². The summed E-state index contributed by atoms with van der Waals surface area (Å²) in [5, 5.41) is 4.68. The molecule has 0 radical (unpaired) electrons. The zero-order valence-electron chi connectivity index (χ0n) is 20.5. The zero-order valence-corrected chi connectivity index (χ0v) is 20.5. The number of pyridine rings is 1. The summed E-state index contributed by atoms with van der Waals surface area (Å²) < 4.78 is 38.8. The van der Waals surface area contributed by atoms with E-state index in [9.17, 15) is 9.28 Å². The molecule has 0 aliphatic carbocycles. The van der Waals surface area contributed by atoms with Gasteiger partial charge < -0.3 is 13.9 Å². The van der Waals surface area contributed by atoms with Crippen LogP contribution in [0.2, 0.25) is 0 Å². The predicted octanol–water partition coefficient (Wildman–Crippen LogP) is 4.17. The van der Waals surface area contributed by atoms with E-state index in [4.69, 9.17) is 4.42 Å². The largest absolute Gasteiger partial charge is 0.429 e. The number of rotatable bonds is 5. The molecule has 0 saturated carbocycles. The minimum atomic E-state index is -1.51. The third-order valence-corrected chi connectivity index (χ3v) is 6.82. The second-order valence-electron chi connectivity index (χ2n) is 9.13. The van der Waals surface area contributed by atoms with Gasteiger partial charge in [0.2, 0.25) is 11.7 Å². The number of halogens is 2. The number of fused-ring (bicyclic) bond motifs is 2. The molecule has 0 N–H and O–H groups in total. The molecular formula is C25H24F2N8O2. The minimum Gasteiger partial charge on any atom is -0.429 e. The van der Waals surface area contributed by atoms with Crippen LogP contribution in [-0.4, -0.2) is 51.3 Å². The molecule has 190 valence electrons. The summed E-state index contributed by atoms with van der Waals surface area (Å²) in [6.07, 6.45) is 4.82. The summed E-state index contributed by atoms with van der Waals surface area (Å²) in [7, 11) is 1.75. The van der Waals surface area contributed by atoms with E-state index in [1.54, 1.807) is 35.6 Å². The van der Waals surface area contributed by atoms with Gasteiger partial charge in [0.15, 0.2) is 0 Å². The molecule has 5 aromatic rings. The number of carbonyl (C=O) groups is 1. The van der Waals surface area contributed by atoms with Crippen molar-refractivity contribution in [3.63, 3.8) is 0 Å². The first-order valence-electron chi connectivity index (χ1n) is 12.0. The number of oxazole rings is 1. The van der Waals surface area contributed by atoms with E-state index in [1.807, 2.05) is 25.1 Å². The van der Waals surface area contributed by atoms with E-state index < -0.39 is 18.1 Å². The first kappa shape index (κ1) is 23.1. The Morgan fingerprint density at radius 1 is 1.32 bits per heavy atom. The van der Waals surface area contributed by atoms with E-state index in [1.165, 1.54) is 11.1 Å². The Balaban J connectivity index is 1.48. The average molecular weight is 507 g/mol. The first-order valence-corrected chi connectivity index (χ1v) is 12.0. The molecule has 5 aromatic heterocycles. The smallest absolute Gasteiger partial charge is 0.292 e. The number of hydrogen-bond donors (Lipinski definition) is 0.